The Bertz CT molecular complexity index is 110. The third-order valence-corrected chi connectivity index (χ3v) is 0.620. The van der Waals surface area contributed by atoms with E-state index in [4.69, 9.17) is 5.11 Å². The Morgan fingerprint density at radius 2 is 2.12 bits per heavy atom. The van der Waals surface area contributed by atoms with Gasteiger partial charge in [0.15, 0.2) is 0 Å². The lowest BCUT2D eigenvalue weighted by atomic mass is 10.4. The van der Waals surface area contributed by atoms with Gasteiger partial charge in [0, 0.05) is 9.47 Å². The van der Waals surface area contributed by atoms with E-state index in [9.17, 15) is 9.59 Å². The topological polar surface area (TPSA) is 63.6 Å². The number of hydrogen-bond acceptors (Lipinski definition) is 3. The zero-order valence-electron chi connectivity index (χ0n) is 3.96. The molecule has 0 aromatic rings. The molecule has 0 bridgehead atoms. The number of carboxylic acid groups (broad SMARTS) is 1. The standard InChI is InChI=1S/C3H5O4P/c4-2(1-7-8)3(5)6/h1,8H2,(H,5,6). The summed E-state index contributed by atoms with van der Waals surface area (Å²) in [7, 11) is 1.78. The first-order valence-corrected chi connectivity index (χ1v) is 2.23. The first kappa shape index (κ1) is 7.53. The molecule has 1 N–H and O–H groups in total. The Morgan fingerprint density at radius 3 is 2.25 bits per heavy atom. The molecule has 0 saturated carbocycles. The van der Waals surface area contributed by atoms with Crippen LogP contribution in [0.2, 0.25) is 0 Å². The molecule has 5 heteroatoms. The van der Waals surface area contributed by atoms with Crippen molar-refractivity contribution in [3.63, 3.8) is 0 Å². The molecule has 4 nitrogen and oxygen atoms in total. The van der Waals surface area contributed by atoms with E-state index in [1.54, 1.807) is 9.47 Å². The lowest BCUT2D eigenvalue weighted by Gasteiger charge is -1.88. The van der Waals surface area contributed by atoms with Crippen LogP contribution in [0, 0.1) is 0 Å². The molecule has 1 unspecified atom stereocenters. The van der Waals surface area contributed by atoms with Gasteiger partial charge in [-0.3, -0.25) is 4.79 Å². The highest BCUT2D eigenvalue weighted by molar-refractivity contribution is 7.09. The normalized spacial score (nSPS) is 8.62. The number of aliphatic carboxylic acids is 1. The number of rotatable bonds is 3. The second-order valence-electron chi connectivity index (χ2n) is 1.04. The van der Waals surface area contributed by atoms with Crippen molar-refractivity contribution >= 4 is 21.2 Å². The van der Waals surface area contributed by atoms with Crippen LogP contribution >= 0.6 is 9.47 Å². The van der Waals surface area contributed by atoms with Gasteiger partial charge in [-0.05, 0) is 0 Å². The molecule has 0 spiro atoms. The van der Waals surface area contributed by atoms with Crippen LogP contribution in [0.15, 0.2) is 0 Å². The molecule has 46 valence electrons. The zero-order chi connectivity index (χ0) is 6.57. The molecule has 0 aliphatic carbocycles. The molecule has 0 aliphatic heterocycles. The predicted molar refractivity (Wildman–Crippen MR) is 28.3 cm³/mol. The smallest absolute Gasteiger partial charge is 0.374 e. The number of carboxylic acids is 1. The van der Waals surface area contributed by atoms with Crippen molar-refractivity contribution in [3.8, 4) is 0 Å². The van der Waals surface area contributed by atoms with Crippen LogP contribution < -0.4 is 0 Å². The van der Waals surface area contributed by atoms with Crippen LogP contribution in [0.3, 0.4) is 0 Å². The van der Waals surface area contributed by atoms with Crippen LogP contribution in [0.1, 0.15) is 0 Å². The maximum Gasteiger partial charge on any atom is 0.374 e. The average molecular weight is 136 g/mol. The number of carbonyl (C=O) groups excluding carboxylic acids is 1. The highest BCUT2D eigenvalue weighted by Gasteiger charge is 2.08. The fourth-order valence-corrected chi connectivity index (χ4v) is 0.289. The molecular formula is C3H5O4P. The van der Waals surface area contributed by atoms with Crippen LogP contribution in [0.25, 0.3) is 0 Å². The Balaban J connectivity index is 3.49. The first-order valence-electron chi connectivity index (χ1n) is 1.76. The van der Waals surface area contributed by atoms with Crippen molar-refractivity contribution < 1.29 is 19.2 Å². The summed E-state index contributed by atoms with van der Waals surface area (Å²) < 4.78 is 4.15. The molecule has 0 radical (unpaired) electrons. The Kier molecular flexibility index (Phi) is 3.31. The molecule has 0 amide bonds. The van der Waals surface area contributed by atoms with Gasteiger partial charge >= 0.3 is 5.97 Å². The van der Waals surface area contributed by atoms with Gasteiger partial charge in [-0.2, -0.15) is 0 Å². The quantitative estimate of drug-likeness (QED) is 0.417. The molecule has 1 atom stereocenters. The van der Waals surface area contributed by atoms with E-state index in [-0.39, 0.29) is 6.61 Å². The fraction of sp³-hybridized carbons (Fsp3) is 0.333. The van der Waals surface area contributed by atoms with E-state index in [0.29, 0.717) is 0 Å². The molecule has 0 aliphatic rings. The van der Waals surface area contributed by atoms with Crippen LogP contribution in [0.5, 0.6) is 0 Å². The maximum absolute atomic E-state index is 10.0. The van der Waals surface area contributed by atoms with Crippen molar-refractivity contribution in [1.82, 2.24) is 0 Å². The minimum absolute atomic E-state index is 0.389. The van der Waals surface area contributed by atoms with Gasteiger partial charge in [0.25, 0.3) is 5.78 Å². The van der Waals surface area contributed by atoms with Gasteiger partial charge in [-0.15, -0.1) is 0 Å². The molecular weight excluding hydrogens is 131 g/mol. The molecule has 0 aromatic carbocycles. The van der Waals surface area contributed by atoms with Gasteiger partial charge < -0.3 is 9.63 Å². The van der Waals surface area contributed by atoms with E-state index in [1.807, 2.05) is 0 Å². The zero-order valence-corrected chi connectivity index (χ0v) is 5.11. The minimum Gasteiger partial charge on any atom is -0.475 e. The third-order valence-electron chi connectivity index (χ3n) is 0.453. The van der Waals surface area contributed by atoms with Crippen molar-refractivity contribution in [2.45, 2.75) is 0 Å². The third kappa shape index (κ3) is 2.66. The van der Waals surface area contributed by atoms with Gasteiger partial charge in [0.05, 0.1) is 0 Å². The van der Waals surface area contributed by atoms with Gasteiger partial charge in [0.2, 0.25) is 0 Å². The number of carbonyl (C=O) groups is 2. The number of ketones is 1. The van der Waals surface area contributed by atoms with E-state index in [0.717, 1.165) is 0 Å². The highest BCUT2D eigenvalue weighted by atomic mass is 31.0. The number of hydrogen-bond donors (Lipinski definition) is 1. The Hall–Kier alpha value is -0.470. The van der Waals surface area contributed by atoms with Crippen LogP contribution in [0.4, 0.5) is 0 Å². The molecule has 8 heavy (non-hydrogen) atoms. The lowest BCUT2D eigenvalue weighted by Crippen LogP contribution is -2.16. The fourth-order valence-electron chi connectivity index (χ4n) is 0.137. The maximum atomic E-state index is 10.0. The Morgan fingerprint density at radius 1 is 1.62 bits per heavy atom. The molecule has 0 aromatic heterocycles. The summed E-state index contributed by atoms with van der Waals surface area (Å²) in [6.45, 7) is -0.389. The molecule has 0 rings (SSSR count). The van der Waals surface area contributed by atoms with Crippen LogP contribution in [-0.4, -0.2) is 23.5 Å². The van der Waals surface area contributed by atoms with Gasteiger partial charge in [0.1, 0.15) is 6.61 Å². The average Bonchev–Trinajstić information content (AvgIpc) is 1.67. The van der Waals surface area contributed by atoms with Crippen molar-refractivity contribution in [2.75, 3.05) is 6.61 Å². The van der Waals surface area contributed by atoms with Crippen LogP contribution in [-0.2, 0) is 14.1 Å². The second-order valence-corrected chi connectivity index (χ2v) is 1.37. The molecule has 0 heterocycles. The summed E-state index contributed by atoms with van der Waals surface area (Å²) in [5.41, 5.74) is 0. The highest BCUT2D eigenvalue weighted by Crippen LogP contribution is 1.83. The first-order chi connectivity index (χ1) is 3.68. The van der Waals surface area contributed by atoms with E-state index in [2.05, 4.69) is 4.52 Å². The minimum atomic E-state index is -1.47. The monoisotopic (exact) mass is 136 g/mol. The summed E-state index contributed by atoms with van der Waals surface area (Å²) in [4.78, 5) is 19.7. The van der Waals surface area contributed by atoms with E-state index in [1.165, 1.54) is 0 Å². The van der Waals surface area contributed by atoms with Crippen molar-refractivity contribution in [2.24, 2.45) is 0 Å². The largest absolute Gasteiger partial charge is 0.475 e. The van der Waals surface area contributed by atoms with Gasteiger partial charge in [-0.25, -0.2) is 4.79 Å². The summed E-state index contributed by atoms with van der Waals surface area (Å²) >= 11 is 0. The Labute approximate surface area is 48.1 Å². The summed E-state index contributed by atoms with van der Waals surface area (Å²) in [5, 5.41) is 7.87. The van der Waals surface area contributed by atoms with Crippen molar-refractivity contribution in [1.29, 1.82) is 0 Å². The van der Waals surface area contributed by atoms with Crippen molar-refractivity contribution in [3.05, 3.63) is 0 Å². The summed E-state index contributed by atoms with van der Waals surface area (Å²) in [5.74, 6) is -2.41. The molecule has 0 saturated heterocycles. The predicted octanol–water partition coefficient (Wildman–Crippen LogP) is -0.553. The van der Waals surface area contributed by atoms with E-state index >= 15 is 0 Å². The summed E-state index contributed by atoms with van der Waals surface area (Å²) in [6, 6.07) is 0. The second kappa shape index (κ2) is 3.52. The van der Waals surface area contributed by atoms with E-state index < -0.39 is 11.8 Å². The SMILES string of the molecule is O=C(O)C(=O)COP. The van der Waals surface area contributed by atoms with Gasteiger partial charge in [-0.1, -0.05) is 0 Å². The molecule has 0 fully saturated rings. The number of Topliss-reactive ketones (excluding diaryl/α,β-unsaturated/α-hetero) is 1. The lowest BCUT2D eigenvalue weighted by molar-refractivity contribution is -0.149. The summed E-state index contributed by atoms with van der Waals surface area (Å²) in [6.07, 6.45) is 0.